The van der Waals surface area contributed by atoms with E-state index in [0.717, 1.165) is 37.9 Å². The summed E-state index contributed by atoms with van der Waals surface area (Å²) in [7, 11) is 0. The molecule has 1 aliphatic carbocycles. The van der Waals surface area contributed by atoms with Gasteiger partial charge in [0, 0.05) is 19.6 Å². The second-order valence-electron chi connectivity index (χ2n) is 8.31. The molecule has 0 aromatic rings. The summed E-state index contributed by atoms with van der Waals surface area (Å²) in [6.45, 7) is 11.6. The lowest BCUT2D eigenvalue weighted by atomic mass is 9.82. The van der Waals surface area contributed by atoms with Crippen LogP contribution >= 0.6 is 0 Å². The highest BCUT2D eigenvalue weighted by Crippen LogP contribution is 2.28. The van der Waals surface area contributed by atoms with Gasteiger partial charge in [0.25, 0.3) is 0 Å². The minimum atomic E-state index is -0.417. The Kier molecular flexibility index (Phi) is 6.51. The Morgan fingerprint density at radius 2 is 2.17 bits per heavy atom. The fourth-order valence-corrected chi connectivity index (χ4v) is 3.55. The van der Waals surface area contributed by atoms with E-state index >= 15 is 0 Å². The molecule has 2 rings (SSSR count). The molecule has 4 nitrogen and oxygen atoms in total. The summed E-state index contributed by atoms with van der Waals surface area (Å²) in [6.07, 6.45) is 8.48. The first-order valence-electron chi connectivity index (χ1n) is 9.20. The molecule has 1 amide bonds. The van der Waals surface area contributed by atoms with E-state index in [1.54, 1.807) is 4.90 Å². The summed E-state index contributed by atoms with van der Waals surface area (Å²) in [6, 6.07) is 0. The number of carbonyl (C=O) groups is 1. The van der Waals surface area contributed by atoms with Gasteiger partial charge in [-0.1, -0.05) is 31.4 Å². The number of hydrogen-bond donors (Lipinski definition) is 1. The Morgan fingerprint density at radius 1 is 1.39 bits per heavy atom. The molecule has 0 radical (unpaired) electrons. The third kappa shape index (κ3) is 6.54. The average Bonchev–Trinajstić information content (AvgIpc) is 2.46. The molecule has 2 unspecified atom stereocenters. The van der Waals surface area contributed by atoms with Crippen LogP contribution in [0.3, 0.4) is 0 Å². The van der Waals surface area contributed by atoms with Gasteiger partial charge in [-0.25, -0.2) is 4.79 Å². The van der Waals surface area contributed by atoms with Crippen molar-refractivity contribution in [1.82, 2.24) is 10.2 Å². The number of nitrogens with one attached hydrogen (secondary N) is 1. The predicted molar refractivity (Wildman–Crippen MR) is 94.5 cm³/mol. The van der Waals surface area contributed by atoms with E-state index in [4.69, 9.17) is 4.74 Å². The van der Waals surface area contributed by atoms with Gasteiger partial charge in [-0.2, -0.15) is 0 Å². The molecule has 1 aliphatic heterocycles. The summed E-state index contributed by atoms with van der Waals surface area (Å²) in [5.74, 6) is 1.74. The van der Waals surface area contributed by atoms with E-state index < -0.39 is 5.60 Å². The van der Waals surface area contributed by atoms with Crippen molar-refractivity contribution in [3.8, 4) is 0 Å². The van der Waals surface area contributed by atoms with Crippen LogP contribution in [0.5, 0.6) is 0 Å². The van der Waals surface area contributed by atoms with Crippen LogP contribution in [0.15, 0.2) is 11.6 Å². The van der Waals surface area contributed by atoms with Crippen molar-refractivity contribution in [1.29, 1.82) is 0 Å². The number of amides is 1. The minimum Gasteiger partial charge on any atom is -0.444 e. The molecule has 1 heterocycles. The summed E-state index contributed by atoms with van der Waals surface area (Å²) in [5, 5.41) is 3.62. The van der Waals surface area contributed by atoms with Crippen LogP contribution in [-0.2, 0) is 4.74 Å². The zero-order valence-corrected chi connectivity index (χ0v) is 15.4. The molecule has 23 heavy (non-hydrogen) atoms. The molecule has 132 valence electrons. The molecule has 0 aromatic carbocycles. The monoisotopic (exact) mass is 322 g/mol. The third-order valence-corrected chi connectivity index (χ3v) is 4.78. The van der Waals surface area contributed by atoms with Crippen LogP contribution in [0.2, 0.25) is 0 Å². The van der Waals surface area contributed by atoms with Crippen molar-refractivity contribution in [3.05, 3.63) is 11.6 Å². The Hall–Kier alpha value is -1.03. The lowest BCUT2D eigenvalue weighted by molar-refractivity contribution is 0.0265. The Bertz CT molecular complexity index is 426. The molecule has 4 heteroatoms. The Morgan fingerprint density at radius 3 is 2.78 bits per heavy atom. The predicted octanol–water partition coefficient (Wildman–Crippen LogP) is 3.97. The second kappa shape index (κ2) is 8.18. The highest BCUT2D eigenvalue weighted by molar-refractivity contribution is 5.68. The summed E-state index contributed by atoms with van der Waals surface area (Å²) < 4.78 is 5.43. The fourth-order valence-electron chi connectivity index (χ4n) is 3.55. The van der Waals surface area contributed by atoms with Crippen molar-refractivity contribution < 1.29 is 9.53 Å². The van der Waals surface area contributed by atoms with Gasteiger partial charge in [-0.05, 0) is 58.4 Å². The first kappa shape index (κ1) is 18.3. The highest BCUT2D eigenvalue weighted by Gasteiger charge is 2.23. The quantitative estimate of drug-likeness (QED) is 0.796. The van der Waals surface area contributed by atoms with E-state index in [-0.39, 0.29) is 6.09 Å². The van der Waals surface area contributed by atoms with Gasteiger partial charge in [0.05, 0.1) is 0 Å². The lowest BCUT2D eigenvalue weighted by Crippen LogP contribution is -2.40. The molecule has 2 atom stereocenters. The van der Waals surface area contributed by atoms with Gasteiger partial charge in [-0.3, -0.25) is 0 Å². The smallest absolute Gasteiger partial charge is 0.410 e. The van der Waals surface area contributed by atoms with Gasteiger partial charge < -0.3 is 15.0 Å². The topological polar surface area (TPSA) is 41.6 Å². The number of rotatable bonds is 4. The fraction of sp³-hybridized carbons (Fsp3) is 0.842. The maximum atomic E-state index is 12.0. The zero-order chi connectivity index (χ0) is 16.9. The van der Waals surface area contributed by atoms with Crippen molar-refractivity contribution in [3.63, 3.8) is 0 Å². The van der Waals surface area contributed by atoms with E-state index in [0.29, 0.717) is 6.54 Å². The van der Waals surface area contributed by atoms with E-state index in [2.05, 4.69) is 18.3 Å². The van der Waals surface area contributed by atoms with Gasteiger partial charge in [0.1, 0.15) is 5.60 Å². The summed E-state index contributed by atoms with van der Waals surface area (Å²) >= 11 is 0. The molecule has 0 aromatic heterocycles. The normalized spacial score (nSPS) is 25.9. The summed E-state index contributed by atoms with van der Waals surface area (Å²) in [4.78, 5) is 13.8. The van der Waals surface area contributed by atoms with Crippen LogP contribution in [0.1, 0.15) is 59.8 Å². The van der Waals surface area contributed by atoms with Crippen molar-refractivity contribution >= 4 is 6.09 Å². The third-order valence-electron chi connectivity index (χ3n) is 4.78. The van der Waals surface area contributed by atoms with E-state index in [9.17, 15) is 4.79 Å². The van der Waals surface area contributed by atoms with Crippen molar-refractivity contribution in [2.45, 2.75) is 65.4 Å². The zero-order valence-electron chi connectivity index (χ0n) is 15.4. The van der Waals surface area contributed by atoms with Crippen LogP contribution in [-0.4, -0.2) is 42.8 Å². The van der Waals surface area contributed by atoms with Crippen molar-refractivity contribution in [2.75, 3.05) is 26.2 Å². The maximum Gasteiger partial charge on any atom is 0.410 e. The molecule has 0 saturated heterocycles. The van der Waals surface area contributed by atoms with Gasteiger partial charge in [0.2, 0.25) is 0 Å². The van der Waals surface area contributed by atoms with Crippen molar-refractivity contribution in [2.24, 2.45) is 11.8 Å². The molecule has 2 aliphatic rings. The number of ether oxygens (including phenoxy) is 1. The molecule has 1 saturated carbocycles. The molecular formula is C19H34N2O2. The van der Waals surface area contributed by atoms with Gasteiger partial charge in [-0.15, -0.1) is 0 Å². The standard InChI is InChI=1S/C19H34N2O2/c1-15-6-5-7-17(12-15)14-20-13-16-8-10-21(11-9-16)18(22)23-19(2,3)4/h8,15,17,20H,5-7,9-14H2,1-4H3. The van der Waals surface area contributed by atoms with Crippen LogP contribution in [0, 0.1) is 11.8 Å². The molecule has 1 fully saturated rings. The van der Waals surface area contributed by atoms with Gasteiger partial charge in [0.15, 0.2) is 0 Å². The molecule has 0 bridgehead atoms. The molecule has 1 N–H and O–H groups in total. The number of hydrogen-bond acceptors (Lipinski definition) is 3. The minimum absolute atomic E-state index is 0.197. The Balaban J connectivity index is 1.67. The first-order chi connectivity index (χ1) is 10.8. The Labute approximate surface area is 141 Å². The first-order valence-corrected chi connectivity index (χ1v) is 9.20. The van der Waals surface area contributed by atoms with Crippen LogP contribution in [0.25, 0.3) is 0 Å². The lowest BCUT2D eigenvalue weighted by Gasteiger charge is -2.30. The number of nitrogens with zero attached hydrogens (tertiary/aromatic N) is 1. The number of carbonyl (C=O) groups excluding carboxylic acids is 1. The second-order valence-corrected chi connectivity index (χ2v) is 8.31. The molecule has 0 spiro atoms. The van der Waals surface area contributed by atoms with Crippen LogP contribution < -0.4 is 5.32 Å². The molecular weight excluding hydrogens is 288 g/mol. The van der Waals surface area contributed by atoms with Gasteiger partial charge >= 0.3 is 6.09 Å². The largest absolute Gasteiger partial charge is 0.444 e. The van der Waals surface area contributed by atoms with Crippen LogP contribution in [0.4, 0.5) is 4.79 Å². The highest BCUT2D eigenvalue weighted by atomic mass is 16.6. The van der Waals surface area contributed by atoms with E-state index in [1.165, 1.54) is 31.3 Å². The SMILES string of the molecule is CC1CCCC(CNCC2=CCN(C(=O)OC(C)(C)C)CC2)C1. The maximum absolute atomic E-state index is 12.0. The summed E-state index contributed by atoms with van der Waals surface area (Å²) in [5.41, 5.74) is 1.01. The van der Waals surface area contributed by atoms with E-state index in [1.807, 2.05) is 20.8 Å². The average molecular weight is 322 g/mol.